The minimum atomic E-state index is -0.144. The molecule has 0 spiro atoms. The molecule has 0 radical (unpaired) electrons. The maximum absolute atomic E-state index is 6.02. The molecule has 5 heteroatoms. The molecule has 0 heterocycles. The Bertz CT molecular complexity index is 440. The number of hydrogen-bond acceptors (Lipinski definition) is 1. The van der Waals surface area contributed by atoms with E-state index in [1.807, 2.05) is 20.8 Å². The second-order valence-electron chi connectivity index (χ2n) is 4.72. The molecule has 1 aromatic rings. The normalized spacial score (nSPS) is 12.6. The summed E-state index contributed by atoms with van der Waals surface area (Å²) < 4.78 is 0. The van der Waals surface area contributed by atoms with Gasteiger partial charge in [-0.05, 0) is 18.2 Å². The highest BCUT2D eigenvalue weighted by atomic mass is 35.5. The molecule has 2 N–H and O–H groups in total. The highest BCUT2D eigenvalue weighted by Crippen LogP contribution is 2.25. The van der Waals surface area contributed by atoms with Crippen LogP contribution in [0.1, 0.15) is 26.3 Å². The van der Waals surface area contributed by atoms with Gasteiger partial charge >= 0.3 is 0 Å². The second kappa shape index (κ2) is 7.03. The number of benzene rings is 1. The van der Waals surface area contributed by atoms with E-state index in [0.717, 1.165) is 5.56 Å². The minimum Gasteiger partial charge on any atom is -0.387 e. The van der Waals surface area contributed by atoms with Crippen molar-refractivity contribution in [2.24, 2.45) is 16.1 Å². The number of halogens is 3. The molecule has 0 unspecified atom stereocenters. The van der Waals surface area contributed by atoms with Crippen LogP contribution in [0.4, 0.5) is 0 Å². The smallest absolute Gasteiger partial charge is 0.104 e. The van der Waals surface area contributed by atoms with E-state index < -0.39 is 0 Å². The molecule has 0 aliphatic carbocycles. The van der Waals surface area contributed by atoms with Crippen molar-refractivity contribution in [3.63, 3.8) is 0 Å². The molecule has 0 atom stereocenters. The monoisotopic (exact) mass is 306 g/mol. The first-order valence-corrected chi connectivity index (χ1v) is 6.02. The molecule has 1 rings (SSSR count). The van der Waals surface area contributed by atoms with Crippen molar-refractivity contribution in [3.8, 4) is 0 Å². The van der Waals surface area contributed by atoms with Crippen LogP contribution in [-0.4, -0.2) is 5.84 Å². The predicted octanol–water partition coefficient (Wildman–Crippen LogP) is 4.79. The van der Waals surface area contributed by atoms with Crippen LogP contribution in [0.5, 0.6) is 0 Å². The van der Waals surface area contributed by atoms with Gasteiger partial charge in [0, 0.05) is 27.2 Å². The molecule has 0 bridgehead atoms. The molecule has 0 amide bonds. The van der Waals surface area contributed by atoms with Gasteiger partial charge in [-0.2, -0.15) is 0 Å². The van der Waals surface area contributed by atoms with Gasteiger partial charge in [0.1, 0.15) is 5.84 Å². The van der Waals surface area contributed by atoms with Crippen LogP contribution in [0.15, 0.2) is 29.4 Å². The van der Waals surface area contributed by atoms with Crippen LogP contribution in [0.3, 0.4) is 0 Å². The molecule has 2 nitrogen and oxygen atoms in total. The lowest BCUT2D eigenvalue weighted by molar-refractivity contribution is 0.585. The zero-order chi connectivity index (χ0) is 13.1. The third-order valence-corrected chi connectivity index (χ3v) is 2.88. The number of nitrogens with two attached hydrogens (primary N) is 1. The van der Waals surface area contributed by atoms with Crippen molar-refractivity contribution in [2.75, 3.05) is 0 Å². The Hall–Kier alpha value is -0.700. The summed E-state index contributed by atoms with van der Waals surface area (Å²) in [6.07, 6.45) is 3.37. The van der Waals surface area contributed by atoms with E-state index >= 15 is 0 Å². The minimum absolute atomic E-state index is 0. The third-order valence-electron chi connectivity index (χ3n) is 2.22. The average molecular weight is 308 g/mol. The van der Waals surface area contributed by atoms with Gasteiger partial charge in [0.2, 0.25) is 0 Å². The average Bonchev–Trinajstić information content (AvgIpc) is 2.20. The van der Waals surface area contributed by atoms with Gasteiger partial charge in [0.15, 0.2) is 0 Å². The van der Waals surface area contributed by atoms with Crippen LogP contribution >= 0.6 is 35.6 Å². The van der Waals surface area contributed by atoms with Gasteiger partial charge in [0.25, 0.3) is 0 Å². The molecule has 0 aromatic heterocycles. The van der Waals surface area contributed by atoms with Crippen LogP contribution in [-0.2, 0) is 0 Å². The lowest BCUT2D eigenvalue weighted by atomic mass is 9.95. The molecule has 1 aromatic carbocycles. The van der Waals surface area contributed by atoms with E-state index in [-0.39, 0.29) is 17.8 Å². The summed E-state index contributed by atoms with van der Waals surface area (Å²) in [5, 5.41) is 1.19. The van der Waals surface area contributed by atoms with E-state index in [1.54, 1.807) is 30.5 Å². The largest absolute Gasteiger partial charge is 0.387 e. The van der Waals surface area contributed by atoms with Crippen LogP contribution in [0.2, 0.25) is 10.0 Å². The number of amidine groups is 1. The Morgan fingerprint density at radius 2 is 1.72 bits per heavy atom. The first-order chi connectivity index (χ1) is 7.82. The predicted molar refractivity (Wildman–Crippen MR) is 83.8 cm³/mol. The zero-order valence-electron chi connectivity index (χ0n) is 10.6. The van der Waals surface area contributed by atoms with Gasteiger partial charge < -0.3 is 5.73 Å². The summed E-state index contributed by atoms with van der Waals surface area (Å²) in [6, 6.07) is 5.36. The SMILES string of the molecule is CC(C)(C)C(N)=N/C=C/c1c(Cl)cccc1Cl.Cl. The summed E-state index contributed by atoms with van der Waals surface area (Å²) in [7, 11) is 0. The van der Waals surface area contributed by atoms with E-state index in [9.17, 15) is 0 Å². The van der Waals surface area contributed by atoms with Crippen LogP contribution in [0, 0.1) is 5.41 Å². The molecule has 100 valence electrons. The van der Waals surface area contributed by atoms with Crippen molar-refractivity contribution >= 4 is 47.5 Å². The zero-order valence-corrected chi connectivity index (χ0v) is 12.9. The van der Waals surface area contributed by atoms with Crippen molar-refractivity contribution in [3.05, 3.63) is 40.0 Å². The molecule has 0 saturated heterocycles. The van der Waals surface area contributed by atoms with E-state index in [2.05, 4.69) is 4.99 Å². The number of rotatable bonds is 2. The summed E-state index contributed by atoms with van der Waals surface area (Å²) in [5.41, 5.74) is 6.43. The molecule has 0 saturated carbocycles. The third kappa shape index (κ3) is 4.89. The Morgan fingerprint density at radius 1 is 1.22 bits per heavy atom. The van der Waals surface area contributed by atoms with Crippen molar-refractivity contribution in [1.82, 2.24) is 0 Å². The quantitative estimate of drug-likeness (QED) is 0.619. The van der Waals surface area contributed by atoms with Crippen molar-refractivity contribution in [1.29, 1.82) is 0 Å². The lowest BCUT2D eigenvalue weighted by Gasteiger charge is -2.16. The number of aliphatic imine (C=N–C) groups is 1. The van der Waals surface area contributed by atoms with Crippen LogP contribution < -0.4 is 5.73 Å². The van der Waals surface area contributed by atoms with Gasteiger partial charge in [-0.15, -0.1) is 12.4 Å². The fourth-order valence-corrected chi connectivity index (χ4v) is 1.58. The Balaban J connectivity index is 0.00000289. The molecule has 18 heavy (non-hydrogen) atoms. The van der Waals surface area contributed by atoms with Gasteiger partial charge in [-0.25, -0.2) is 4.99 Å². The second-order valence-corrected chi connectivity index (χ2v) is 5.53. The standard InChI is InChI=1S/C13H16Cl2N2.ClH/c1-13(2,3)12(16)17-8-7-9-10(14)5-4-6-11(9)15;/h4-8H,1-3H3,(H2,16,17);1H/b8-7+;. The summed E-state index contributed by atoms with van der Waals surface area (Å²) >= 11 is 12.0. The van der Waals surface area contributed by atoms with E-state index in [4.69, 9.17) is 28.9 Å². The van der Waals surface area contributed by atoms with Crippen LogP contribution in [0.25, 0.3) is 6.08 Å². The Kier molecular flexibility index (Phi) is 6.76. The van der Waals surface area contributed by atoms with E-state index in [1.165, 1.54) is 0 Å². The number of hydrogen-bond donors (Lipinski definition) is 1. The molecule has 0 aliphatic rings. The highest BCUT2D eigenvalue weighted by Gasteiger charge is 2.14. The highest BCUT2D eigenvalue weighted by molar-refractivity contribution is 6.37. The maximum atomic E-state index is 6.02. The lowest BCUT2D eigenvalue weighted by Crippen LogP contribution is -2.28. The first kappa shape index (κ1) is 17.3. The van der Waals surface area contributed by atoms with Crippen molar-refractivity contribution in [2.45, 2.75) is 20.8 Å². The fourth-order valence-electron chi connectivity index (χ4n) is 1.06. The first-order valence-electron chi connectivity index (χ1n) is 5.26. The maximum Gasteiger partial charge on any atom is 0.104 e. The summed E-state index contributed by atoms with van der Waals surface area (Å²) in [5.74, 6) is 0.567. The molecule has 0 fully saturated rings. The van der Waals surface area contributed by atoms with Gasteiger partial charge in [-0.3, -0.25) is 0 Å². The summed E-state index contributed by atoms with van der Waals surface area (Å²) in [4.78, 5) is 4.17. The fraction of sp³-hybridized carbons (Fsp3) is 0.308. The number of nitrogens with zero attached hydrogens (tertiary/aromatic N) is 1. The van der Waals surface area contributed by atoms with Crippen molar-refractivity contribution < 1.29 is 0 Å². The molecule has 0 aliphatic heterocycles. The Labute approximate surface area is 124 Å². The van der Waals surface area contributed by atoms with Gasteiger partial charge in [0.05, 0.1) is 0 Å². The van der Waals surface area contributed by atoms with E-state index in [0.29, 0.717) is 15.9 Å². The molecular weight excluding hydrogens is 291 g/mol. The van der Waals surface area contributed by atoms with Gasteiger partial charge in [-0.1, -0.05) is 50.0 Å². The Morgan fingerprint density at radius 3 is 2.17 bits per heavy atom. The summed E-state index contributed by atoms with van der Waals surface area (Å²) in [6.45, 7) is 6.01. The topological polar surface area (TPSA) is 38.4 Å². The molecular formula is C13H17Cl3N2.